The van der Waals surface area contributed by atoms with Gasteiger partial charge in [-0.3, -0.25) is 23.9 Å². The van der Waals surface area contributed by atoms with E-state index in [1.54, 1.807) is 30.3 Å². The van der Waals surface area contributed by atoms with Gasteiger partial charge in [0.25, 0.3) is 11.5 Å². The third-order valence-electron chi connectivity index (χ3n) is 5.35. The van der Waals surface area contributed by atoms with Crippen LogP contribution in [0.4, 0.5) is 5.69 Å². The normalized spacial score (nSPS) is 23.3. The smallest absolute Gasteiger partial charge is 0.330 e. The molecule has 4 N–H and O–H groups in total. The number of hydrogen-bond donors (Lipinski definition) is 3. The Hall–Kier alpha value is -3.70. The van der Waals surface area contributed by atoms with Crippen molar-refractivity contribution in [2.45, 2.75) is 50.4 Å². The summed E-state index contributed by atoms with van der Waals surface area (Å²) in [5.41, 5.74) is 5.05. The number of ether oxygens (including phenoxy) is 3. The predicted octanol–water partition coefficient (Wildman–Crippen LogP) is 0.744. The molecule has 33 heavy (non-hydrogen) atoms. The number of benzene rings is 1. The first-order valence-corrected chi connectivity index (χ1v) is 10.6. The molecule has 1 fully saturated rings. The third kappa shape index (κ3) is 5.38. The van der Waals surface area contributed by atoms with E-state index in [2.05, 4.69) is 10.3 Å². The second-order valence-electron chi connectivity index (χ2n) is 7.70. The highest BCUT2D eigenvalue weighted by Gasteiger charge is 2.39. The number of carbonyl (C=O) groups is 2. The lowest BCUT2D eigenvalue weighted by Crippen LogP contribution is -2.44. The van der Waals surface area contributed by atoms with E-state index in [0.717, 1.165) is 0 Å². The first kappa shape index (κ1) is 22.5. The lowest BCUT2D eigenvalue weighted by molar-refractivity contribution is -0.194. The summed E-state index contributed by atoms with van der Waals surface area (Å²) >= 11 is 0. The molecule has 3 heterocycles. The first-order valence-electron chi connectivity index (χ1n) is 10.6. The maximum Gasteiger partial charge on any atom is 0.330 e. The fourth-order valence-electron chi connectivity index (χ4n) is 3.78. The van der Waals surface area contributed by atoms with E-state index < -0.39 is 47.8 Å². The number of nitrogens with zero attached hydrogens (tertiary/aromatic N) is 1. The molecule has 11 heteroatoms. The molecule has 4 atom stereocenters. The van der Waals surface area contributed by atoms with Crippen LogP contribution in [0.15, 0.2) is 64.0 Å². The Kier molecular flexibility index (Phi) is 6.71. The number of allylic oxidation sites excluding steroid dienone is 1. The van der Waals surface area contributed by atoms with Crippen molar-refractivity contribution in [3.63, 3.8) is 0 Å². The van der Waals surface area contributed by atoms with Crippen LogP contribution in [0.1, 0.15) is 31.9 Å². The highest BCUT2D eigenvalue weighted by atomic mass is 16.7. The van der Waals surface area contributed by atoms with Gasteiger partial charge in [0, 0.05) is 24.4 Å². The van der Waals surface area contributed by atoms with Gasteiger partial charge < -0.3 is 25.3 Å². The molecule has 1 aromatic carbocycles. The Morgan fingerprint density at radius 3 is 2.67 bits per heavy atom. The van der Waals surface area contributed by atoms with Crippen molar-refractivity contribution in [2.75, 3.05) is 5.32 Å². The van der Waals surface area contributed by atoms with E-state index in [9.17, 15) is 19.2 Å². The zero-order valence-corrected chi connectivity index (χ0v) is 17.6. The molecule has 0 bridgehead atoms. The van der Waals surface area contributed by atoms with Crippen LogP contribution in [-0.4, -0.2) is 39.9 Å². The SMILES string of the molecule is NC(=O)C(OC1CCC=C(C(=O)Nc2ccccc2)O1)C1CCC(n2ccc(=O)[nH]c2=O)O1. The van der Waals surface area contributed by atoms with Crippen molar-refractivity contribution < 1.29 is 23.8 Å². The molecule has 0 radical (unpaired) electrons. The summed E-state index contributed by atoms with van der Waals surface area (Å²) < 4.78 is 18.6. The van der Waals surface area contributed by atoms with Gasteiger partial charge in [-0.05, 0) is 37.5 Å². The molecule has 1 saturated heterocycles. The minimum atomic E-state index is -1.14. The quantitative estimate of drug-likeness (QED) is 0.555. The molecule has 2 amide bonds. The molecular formula is C22H24N4O7. The Bertz CT molecular complexity index is 1160. The molecule has 2 aliphatic heterocycles. The minimum Gasteiger partial charge on any atom is -0.459 e. The van der Waals surface area contributed by atoms with Crippen LogP contribution in [0.2, 0.25) is 0 Å². The summed E-state index contributed by atoms with van der Waals surface area (Å²) in [6.07, 6.45) is 1.32. The van der Waals surface area contributed by atoms with Gasteiger partial charge in [-0.1, -0.05) is 18.2 Å². The summed E-state index contributed by atoms with van der Waals surface area (Å²) in [6.45, 7) is 0. The monoisotopic (exact) mass is 456 g/mol. The predicted molar refractivity (Wildman–Crippen MR) is 116 cm³/mol. The maximum absolute atomic E-state index is 12.5. The molecule has 2 aromatic rings. The van der Waals surface area contributed by atoms with Crippen LogP contribution in [0.5, 0.6) is 0 Å². The standard InChI is InChI=1S/C22H24N4O7/c23-20(28)19(14-9-10-17(31-14)26-12-11-16(27)25-22(26)30)33-18-8-4-7-15(32-18)21(29)24-13-5-2-1-3-6-13/h1-3,5-7,11-12,14,17-19H,4,8-10H2,(H2,23,28)(H,24,29)(H,25,27,30). The lowest BCUT2D eigenvalue weighted by atomic mass is 10.1. The van der Waals surface area contributed by atoms with E-state index >= 15 is 0 Å². The molecule has 4 unspecified atom stereocenters. The summed E-state index contributed by atoms with van der Waals surface area (Å²) in [7, 11) is 0. The van der Waals surface area contributed by atoms with E-state index in [1.165, 1.54) is 16.8 Å². The Morgan fingerprint density at radius 2 is 1.94 bits per heavy atom. The summed E-state index contributed by atoms with van der Waals surface area (Å²) in [5, 5.41) is 2.73. The van der Waals surface area contributed by atoms with Gasteiger partial charge >= 0.3 is 5.69 Å². The first-order chi connectivity index (χ1) is 15.9. The molecule has 2 aliphatic rings. The average Bonchev–Trinajstić information content (AvgIpc) is 3.27. The van der Waals surface area contributed by atoms with Gasteiger partial charge in [0.05, 0.1) is 6.10 Å². The van der Waals surface area contributed by atoms with Crippen molar-refractivity contribution in [3.8, 4) is 0 Å². The van der Waals surface area contributed by atoms with Crippen LogP contribution >= 0.6 is 0 Å². The highest BCUT2D eigenvalue weighted by molar-refractivity contribution is 6.02. The fraction of sp³-hybridized carbons (Fsp3) is 0.364. The number of aromatic nitrogens is 2. The molecule has 0 spiro atoms. The number of carbonyl (C=O) groups excluding carboxylic acids is 2. The second kappa shape index (κ2) is 9.84. The van der Waals surface area contributed by atoms with E-state index in [-0.39, 0.29) is 5.76 Å². The molecule has 0 saturated carbocycles. The molecule has 0 aliphatic carbocycles. The van der Waals surface area contributed by atoms with E-state index in [1.807, 2.05) is 6.07 Å². The van der Waals surface area contributed by atoms with Crippen LogP contribution in [0.3, 0.4) is 0 Å². The number of anilines is 1. The van der Waals surface area contributed by atoms with Crippen molar-refractivity contribution in [2.24, 2.45) is 5.73 Å². The van der Waals surface area contributed by atoms with Crippen molar-refractivity contribution >= 4 is 17.5 Å². The lowest BCUT2D eigenvalue weighted by Gasteiger charge is -2.29. The number of amides is 2. The van der Waals surface area contributed by atoms with Crippen LogP contribution in [-0.2, 0) is 23.8 Å². The van der Waals surface area contributed by atoms with E-state index in [0.29, 0.717) is 31.4 Å². The maximum atomic E-state index is 12.5. The number of H-pyrrole nitrogens is 1. The Balaban J connectivity index is 1.38. The van der Waals surface area contributed by atoms with Gasteiger partial charge in [0.1, 0.15) is 6.23 Å². The zero-order valence-electron chi connectivity index (χ0n) is 17.6. The molecule has 11 nitrogen and oxygen atoms in total. The average molecular weight is 456 g/mol. The number of rotatable bonds is 7. The van der Waals surface area contributed by atoms with Crippen LogP contribution < -0.4 is 22.3 Å². The molecule has 1 aromatic heterocycles. The molecule has 4 rings (SSSR count). The van der Waals surface area contributed by atoms with Crippen molar-refractivity contribution in [3.05, 3.63) is 75.3 Å². The number of primary amides is 1. The largest absolute Gasteiger partial charge is 0.459 e. The minimum absolute atomic E-state index is 0.0864. The van der Waals surface area contributed by atoms with Crippen molar-refractivity contribution in [1.29, 1.82) is 0 Å². The fourth-order valence-corrected chi connectivity index (χ4v) is 3.78. The van der Waals surface area contributed by atoms with Gasteiger partial charge in [0.15, 0.2) is 11.9 Å². The number of hydrogen-bond acceptors (Lipinski definition) is 7. The zero-order chi connectivity index (χ0) is 23.4. The number of para-hydroxylation sites is 1. The summed E-state index contributed by atoms with van der Waals surface area (Å²) in [4.78, 5) is 50.1. The second-order valence-corrected chi connectivity index (χ2v) is 7.70. The van der Waals surface area contributed by atoms with E-state index in [4.69, 9.17) is 19.9 Å². The van der Waals surface area contributed by atoms with Crippen LogP contribution in [0.25, 0.3) is 0 Å². The molecular weight excluding hydrogens is 432 g/mol. The summed E-state index contributed by atoms with van der Waals surface area (Å²) in [6, 6.07) is 10.1. The van der Waals surface area contributed by atoms with Gasteiger partial charge in [-0.25, -0.2) is 4.79 Å². The Labute approximate surface area is 188 Å². The van der Waals surface area contributed by atoms with Crippen LogP contribution in [0, 0.1) is 0 Å². The van der Waals surface area contributed by atoms with Crippen molar-refractivity contribution in [1.82, 2.24) is 9.55 Å². The number of nitrogens with two attached hydrogens (primary N) is 1. The Morgan fingerprint density at radius 1 is 1.15 bits per heavy atom. The third-order valence-corrected chi connectivity index (χ3v) is 5.35. The highest BCUT2D eigenvalue weighted by Crippen LogP contribution is 2.31. The molecule has 174 valence electrons. The van der Waals surface area contributed by atoms with Gasteiger partial charge in [-0.15, -0.1) is 0 Å². The number of aromatic amines is 1. The van der Waals surface area contributed by atoms with Gasteiger partial charge in [-0.2, -0.15) is 0 Å². The summed E-state index contributed by atoms with van der Waals surface area (Å²) in [5.74, 6) is -1.09. The number of nitrogens with one attached hydrogen (secondary N) is 2. The van der Waals surface area contributed by atoms with Gasteiger partial charge in [0.2, 0.25) is 12.2 Å². The topological polar surface area (TPSA) is 155 Å².